The van der Waals surface area contributed by atoms with Crippen LogP contribution in [0.3, 0.4) is 0 Å². The molecule has 0 unspecified atom stereocenters. The predicted octanol–water partition coefficient (Wildman–Crippen LogP) is 1.02. The number of benzene rings is 1. The summed E-state index contributed by atoms with van der Waals surface area (Å²) in [7, 11) is 0. The van der Waals surface area contributed by atoms with Crippen molar-refractivity contribution in [1.82, 2.24) is 0 Å². The minimum absolute atomic E-state index is 0. The summed E-state index contributed by atoms with van der Waals surface area (Å²) in [5.41, 5.74) is 1.07. The Balaban J connectivity index is 0.000000810. The molecule has 10 heavy (non-hydrogen) atoms. The van der Waals surface area contributed by atoms with E-state index in [2.05, 4.69) is 6.07 Å². The Kier molecular flexibility index (Phi) is 5.34. The summed E-state index contributed by atoms with van der Waals surface area (Å²) in [5.74, 6) is 0. The number of aliphatic hydroxyl groups excluding tert-OH is 1. The summed E-state index contributed by atoms with van der Waals surface area (Å²) in [4.78, 5) is 0. The number of hydrogen-bond acceptors (Lipinski definition) is 1. The molecule has 0 fully saturated rings. The van der Waals surface area contributed by atoms with Crippen molar-refractivity contribution < 1.29 is 22.5 Å². The fraction of sp³-hybridized carbons (Fsp3) is 0.250. The van der Waals surface area contributed by atoms with E-state index >= 15 is 0 Å². The molecular weight excluding hydrogens is 164 g/mol. The maximum atomic E-state index is 8.50. The van der Waals surface area contributed by atoms with E-state index in [1.54, 1.807) is 0 Å². The molecule has 0 spiro atoms. The summed E-state index contributed by atoms with van der Waals surface area (Å²) >= 11 is 0. The van der Waals surface area contributed by atoms with Gasteiger partial charge in [-0.25, -0.2) is 0 Å². The van der Waals surface area contributed by atoms with Gasteiger partial charge < -0.3 is 5.11 Å². The maximum Gasteiger partial charge on any atom is 0.0451 e. The van der Waals surface area contributed by atoms with E-state index in [1.807, 2.05) is 24.3 Å². The van der Waals surface area contributed by atoms with Gasteiger partial charge >= 0.3 is 0 Å². The van der Waals surface area contributed by atoms with Crippen molar-refractivity contribution >= 4 is 0 Å². The van der Waals surface area contributed by atoms with Gasteiger partial charge in [-0.2, -0.15) is 35.9 Å². The minimum atomic E-state index is 0. The molecule has 0 saturated heterocycles. The molecule has 0 amide bonds. The Hall–Kier alpha value is -0.288. The predicted molar refractivity (Wildman–Crippen MR) is 36.1 cm³/mol. The van der Waals surface area contributed by atoms with Gasteiger partial charge in [0.05, 0.1) is 0 Å². The van der Waals surface area contributed by atoms with Gasteiger partial charge in [-0.1, -0.05) is 0 Å². The van der Waals surface area contributed by atoms with Gasteiger partial charge in [0.15, 0.2) is 0 Å². The van der Waals surface area contributed by atoms with Crippen LogP contribution in [0.1, 0.15) is 5.56 Å². The molecule has 0 radical (unpaired) electrons. The van der Waals surface area contributed by atoms with Gasteiger partial charge in [0.2, 0.25) is 0 Å². The van der Waals surface area contributed by atoms with E-state index in [0.717, 1.165) is 5.56 Å². The molecular formula is C8H9CrO-. The van der Waals surface area contributed by atoms with Crippen molar-refractivity contribution in [3.63, 3.8) is 0 Å². The fourth-order valence-corrected chi connectivity index (χ4v) is 0.706. The molecule has 1 N–H and O–H groups in total. The second-order valence-electron chi connectivity index (χ2n) is 1.86. The van der Waals surface area contributed by atoms with Crippen LogP contribution in [0.15, 0.2) is 24.3 Å². The summed E-state index contributed by atoms with van der Waals surface area (Å²) in [6, 6.07) is 10.7. The topological polar surface area (TPSA) is 20.2 Å². The van der Waals surface area contributed by atoms with Crippen LogP contribution in [0.2, 0.25) is 0 Å². The molecule has 1 rings (SSSR count). The van der Waals surface area contributed by atoms with Crippen LogP contribution in [0.4, 0.5) is 0 Å². The van der Waals surface area contributed by atoms with Gasteiger partial charge in [0.25, 0.3) is 0 Å². The van der Waals surface area contributed by atoms with E-state index in [9.17, 15) is 0 Å². The van der Waals surface area contributed by atoms with Crippen LogP contribution in [0.5, 0.6) is 0 Å². The SMILES string of the molecule is OCCc1[c-]cccc1.[Cr]. The Morgan fingerprint density at radius 2 is 2.20 bits per heavy atom. The molecule has 0 bridgehead atoms. The first-order valence-electron chi connectivity index (χ1n) is 3.00. The van der Waals surface area contributed by atoms with Crippen LogP contribution in [0, 0.1) is 6.07 Å². The van der Waals surface area contributed by atoms with Gasteiger partial charge in [-0.3, -0.25) is 0 Å². The Bertz CT molecular complexity index is 162. The monoisotopic (exact) mass is 173 g/mol. The quantitative estimate of drug-likeness (QED) is 0.662. The minimum Gasteiger partial charge on any atom is -0.396 e. The number of rotatable bonds is 2. The molecule has 1 aromatic carbocycles. The normalized spacial score (nSPS) is 8.50. The van der Waals surface area contributed by atoms with E-state index in [-0.39, 0.29) is 24.0 Å². The first-order chi connectivity index (χ1) is 4.43. The van der Waals surface area contributed by atoms with Crippen LogP contribution in [-0.4, -0.2) is 11.7 Å². The molecule has 2 heteroatoms. The first kappa shape index (κ1) is 9.71. The Labute approximate surface area is 71.8 Å². The third kappa shape index (κ3) is 3.03. The van der Waals surface area contributed by atoms with Gasteiger partial charge in [0.1, 0.15) is 0 Å². The third-order valence-electron chi connectivity index (χ3n) is 1.15. The molecule has 0 atom stereocenters. The summed E-state index contributed by atoms with van der Waals surface area (Å²) in [6.45, 7) is 0.209. The van der Waals surface area contributed by atoms with Crippen molar-refractivity contribution in [2.75, 3.05) is 6.61 Å². The molecule has 1 aromatic rings. The van der Waals surface area contributed by atoms with E-state index in [0.29, 0.717) is 6.42 Å². The molecule has 0 aromatic heterocycles. The van der Waals surface area contributed by atoms with Crippen LogP contribution in [0.25, 0.3) is 0 Å². The van der Waals surface area contributed by atoms with E-state index in [1.165, 1.54) is 0 Å². The van der Waals surface area contributed by atoms with Crippen molar-refractivity contribution in [2.45, 2.75) is 6.42 Å². The second kappa shape index (κ2) is 5.49. The third-order valence-corrected chi connectivity index (χ3v) is 1.15. The van der Waals surface area contributed by atoms with E-state index < -0.39 is 0 Å². The summed E-state index contributed by atoms with van der Waals surface area (Å²) in [6.07, 6.45) is 0.709. The van der Waals surface area contributed by atoms with Crippen molar-refractivity contribution in [2.24, 2.45) is 0 Å². The van der Waals surface area contributed by atoms with Crippen molar-refractivity contribution in [3.8, 4) is 0 Å². The van der Waals surface area contributed by atoms with Gasteiger partial charge in [0, 0.05) is 24.0 Å². The average Bonchev–Trinajstić information content (AvgIpc) is 1.91. The largest absolute Gasteiger partial charge is 0.396 e. The number of aliphatic hydroxyl groups is 1. The zero-order valence-electron chi connectivity index (χ0n) is 5.58. The Morgan fingerprint density at radius 1 is 1.40 bits per heavy atom. The second-order valence-corrected chi connectivity index (χ2v) is 1.86. The van der Waals surface area contributed by atoms with Gasteiger partial charge in [-0.15, -0.1) is 0 Å². The fourth-order valence-electron chi connectivity index (χ4n) is 0.706. The van der Waals surface area contributed by atoms with Crippen molar-refractivity contribution in [3.05, 3.63) is 35.9 Å². The Morgan fingerprint density at radius 3 is 2.70 bits per heavy atom. The zero-order chi connectivity index (χ0) is 6.53. The van der Waals surface area contributed by atoms with Crippen LogP contribution >= 0.6 is 0 Å². The molecule has 0 aliphatic rings. The molecule has 0 heterocycles. The summed E-state index contributed by atoms with van der Waals surface area (Å²) < 4.78 is 0. The van der Waals surface area contributed by atoms with Crippen LogP contribution in [-0.2, 0) is 23.8 Å². The first-order valence-corrected chi connectivity index (χ1v) is 3.00. The average molecular weight is 173 g/mol. The summed E-state index contributed by atoms with van der Waals surface area (Å²) in [5, 5.41) is 8.50. The number of hydrogen-bond donors (Lipinski definition) is 1. The molecule has 0 aliphatic heterocycles. The molecule has 0 saturated carbocycles. The van der Waals surface area contributed by atoms with Crippen LogP contribution < -0.4 is 0 Å². The smallest absolute Gasteiger partial charge is 0.0451 e. The molecule has 54 valence electrons. The van der Waals surface area contributed by atoms with Crippen molar-refractivity contribution in [1.29, 1.82) is 0 Å². The van der Waals surface area contributed by atoms with E-state index in [4.69, 9.17) is 5.11 Å². The van der Waals surface area contributed by atoms with Gasteiger partial charge in [-0.05, 0) is 6.42 Å². The zero-order valence-corrected chi connectivity index (χ0v) is 6.85. The standard InChI is InChI=1S/C8H9O.Cr/c9-7-6-8-4-2-1-3-5-8;/h1-4,9H,6-7H2;/q-1;. The maximum absolute atomic E-state index is 8.50. The molecule has 1 nitrogen and oxygen atoms in total. The molecule has 0 aliphatic carbocycles.